The number of hydrogen-bond donors (Lipinski definition) is 2. The minimum Gasteiger partial charge on any atom is -0.378 e. The van der Waals surface area contributed by atoms with Crippen molar-refractivity contribution in [2.75, 3.05) is 26.3 Å². The molecule has 0 spiro atoms. The van der Waals surface area contributed by atoms with Crippen molar-refractivity contribution in [2.24, 2.45) is 0 Å². The Balaban J connectivity index is 2.09. The average molecular weight is 301 g/mol. The molecule has 1 fully saturated rings. The summed E-state index contributed by atoms with van der Waals surface area (Å²) in [6, 6.07) is 1.59. The fourth-order valence-electron chi connectivity index (χ4n) is 2.27. The van der Waals surface area contributed by atoms with Crippen molar-refractivity contribution in [3.8, 4) is 0 Å². The number of H-pyrrole nitrogens is 1. The molecule has 0 bridgehead atoms. The van der Waals surface area contributed by atoms with Gasteiger partial charge < -0.3 is 15.0 Å². The van der Waals surface area contributed by atoms with E-state index in [1.807, 2.05) is 6.92 Å². The van der Waals surface area contributed by atoms with Crippen molar-refractivity contribution in [2.45, 2.75) is 37.8 Å². The number of aromatic nitrogens is 1. The third kappa shape index (κ3) is 3.41. The number of morpholine rings is 1. The second-order valence-corrected chi connectivity index (χ2v) is 6.97. The summed E-state index contributed by atoms with van der Waals surface area (Å²) < 4.78 is 31.9. The smallest absolute Gasteiger partial charge is 0.244 e. The van der Waals surface area contributed by atoms with Crippen LogP contribution < -0.4 is 5.32 Å². The third-order valence-corrected chi connectivity index (χ3v) is 5.36. The van der Waals surface area contributed by atoms with E-state index in [1.165, 1.54) is 4.31 Å². The molecule has 114 valence electrons. The summed E-state index contributed by atoms with van der Waals surface area (Å²) >= 11 is 0. The normalized spacial score (nSPS) is 21.2. The van der Waals surface area contributed by atoms with E-state index in [0.29, 0.717) is 31.2 Å². The van der Waals surface area contributed by atoms with Gasteiger partial charge in [0.1, 0.15) is 0 Å². The lowest BCUT2D eigenvalue weighted by atomic mass is 10.3. The minimum absolute atomic E-state index is 0.120. The van der Waals surface area contributed by atoms with Crippen molar-refractivity contribution in [3.05, 3.63) is 18.0 Å². The molecule has 0 saturated carbocycles. The molecule has 0 aliphatic carbocycles. The van der Waals surface area contributed by atoms with E-state index in [1.54, 1.807) is 12.3 Å². The lowest BCUT2D eigenvalue weighted by Crippen LogP contribution is -2.46. The van der Waals surface area contributed by atoms with Gasteiger partial charge in [-0.3, -0.25) is 0 Å². The Morgan fingerprint density at radius 2 is 2.35 bits per heavy atom. The number of nitrogens with zero attached hydrogens (tertiary/aromatic N) is 1. The van der Waals surface area contributed by atoms with Crippen LogP contribution in [0.1, 0.15) is 26.0 Å². The van der Waals surface area contributed by atoms with Crippen molar-refractivity contribution >= 4 is 10.0 Å². The monoisotopic (exact) mass is 301 g/mol. The molecule has 1 aliphatic rings. The molecule has 2 heterocycles. The largest absolute Gasteiger partial charge is 0.378 e. The first-order chi connectivity index (χ1) is 9.55. The predicted molar refractivity (Wildman–Crippen MR) is 77.0 cm³/mol. The number of sulfonamides is 1. The molecular weight excluding hydrogens is 278 g/mol. The number of rotatable bonds is 6. The highest BCUT2D eigenvalue weighted by Gasteiger charge is 2.32. The van der Waals surface area contributed by atoms with E-state index in [9.17, 15) is 8.42 Å². The molecule has 1 atom stereocenters. The van der Waals surface area contributed by atoms with Crippen molar-refractivity contribution in [1.82, 2.24) is 14.6 Å². The minimum atomic E-state index is -3.43. The first-order valence-corrected chi connectivity index (χ1v) is 8.47. The van der Waals surface area contributed by atoms with Gasteiger partial charge >= 0.3 is 0 Å². The highest BCUT2D eigenvalue weighted by Crippen LogP contribution is 2.21. The molecule has 0 radical (unpaired) electrons. The summed E-state index contributed by atoms with van der Waals surface area (Å²) in [6.45, 7) is 6.86. The molecule has 20 heavy (non-hydrogen) atoms. The fourth-order valence-corrected chi connectivity index (χ4v) is 3.89. The molecule has 1 aromatic rings. The maximum Gasteiger partial charge on any atom is 0.244 e. The molecule has 1 saturated heterocycles. The van der Waals surface area contributed by atoms with Crippen LogP contribution >= 0.6 is 0 Å². The second-order valence-electron chi connectivity index (χ2n) is 5.08. The summed E-state index contributed by atoms with van der Waals surface area (Å²) in [6.07, 6.45) is 2.62. The zero-order chi connectivity index (χ0) is 14.6. The van der Waals surface area contributed by atoms with Crippen LogP contribution in [0, 0.1) is 0 Å². The second kappa shape index (κ2) is 6.71. The van der Waals surface area contributed by atoms with Crippen LogP contribution in [0.15, 0.2) is 17.2 Å². The molecule has 1 aromatic heterocycles. The Kier molecular flexibility index (Phi) is 5.20. The van der Waals surface area contributed by atoms with Crippen molar-refractivity contribution in [3.63, 3.8) is 0 Å². The predicted octanol–water partition coefficient (Wildman–Crippen LogP) is 0.924. The average Bonchev–Trinajstić information content (AvgIpc) is 2.89. The van der Waals surface area contributed by atoms with E-state index in [-0.39, 0.29) is 6.04 Å². The summed E-state index contributed by atoms with van der Waals surface area (Å²) in [5.41, 5.74) is 0.887. The van der Waals surface area contributed by atoms with E-state index in [0.717, 1.165) is 18.7 Å². The first kappa shape index (κ1) is 15.5. The van der Waals surface area contributed by atoms with E-state index < -0.39 is 10.0 Å². The Hall–Kier alpha value is -0.890. The number of hydrogen-bond acceptors (Lipinski definition) is 4. The van der Waals surface area contributed by atoms with Crippen molar-refractivity contribution in [1.29, 1.82) is 0 Å². The Labute approximate surface area is 120 Å². The topological polar surface area (TPSA) is 74.4 Å². The van der Waals surface area contributed by atoms with Gasteiger partial charge in [-0.25, -0.2) is 8.42 Å². The highest BCUT2D eigenvalue weighted by atomic mass is 32.2. The van der Waals surface area contributed by atoms with Crippen LogP contribution in [0.25, 0.3) is 0 Å². The van der Waals surface area contributed by atoms with Gasteiger partial charge in [0.05, 0.1) is 18.1 Å². The van der Waals surface area contributed by atoms with Gasteiger partial charge in [0.25, 0.3) is 0 Å². The third-order valence-electron chi connectivity index (χ3n) is 3.37. The van der Waals surface area contributed by atoms with Gasteiger partial charge in [-0.2, -0.15) is 4.31 Å². The van der Waals surface area contributed by atoms with Crippen LogP contribution in [0.2, 0.25) is 0 Å². The molecule has 0 aromatic carbocycles. The summed E-state index contributed by atoms with van der Waals surface area (Å²) in [5, 5.41) is 3.24. The molecule has 1 aliphatic heterocycles. The van der Waals surface area contributed by atoms with E-state index >= 15 is 0 Å². The van der Waals surface area contributed by atoms with Crippen LogP contribution in [-0.4, -0.2) is 50.1 Å². The molecule has 1 unspecified atom stereocenters. The van der Waals surface area contributed by atoms with E-state index in [2.05, 4.69) is 17.2 Å². The number of aromatic amines is 1. The van der Waals surface area contributed by atoms with Gasteiger partial charge in [0, 0.05) is 31.0 Å². The van der Waals surface area contributed by atoms with Gasteiger partial charge in [-0.05, 0) is 26.0 Å². The van der Waals surface area contributed by atoms with Crippen LogP contribution in [-0.2, 0) is 21.3 Å². The quantitative estimate of drug-likeness (QED) is 0.766. The number of ether oxygens (including phenoxy) is 1. The molecular formula is C13H23N3O3S. The fraction of sp³-hybridized carbons (Fsp3) is 0.692. The first-order valence-electron chi connectivity index (χ1n) is 7.03. The van der Waals surface area contributed by atoms with Crippen LogP contribution in [0.4, 0.5) is 0 Å². The Morgan fingerprint density at radius 1 is 1.55 bits per heavy atom. The van der Waals surface area contributed by atoms with Gasteiger partial charge in [-0.1, -0.05) is 6.92 Å². The zero-order valence-corrected chi connectivity index (χ0v) is 12.9. The van der Waals surface area contributed by atoms with Crippen LogP contribution in [0.5, 0.6) is 0 Å². The summed E-state index contributed by atoms with van der Waals surface area (Å²) in [4.78, 5) is 3.36. The standard InChI is InChI=1S/C13H23N3O3S/c1-3-4-14-8-12-7-13(9-15-12)20(17,18)16-5-6-19-10-11(16)2/h7,9,11,14-15H,3-6,8,10H2,1-2H3. The maximum absolute atomic E-state index is 12.6. The van der Waals surface area contributed by atoms with E-state index in [4.69, 9.17) is 4.74 Å². The summed E-state index contributed by atoms with van der Waals surface area (Å²) in [7, 11) is -3.43. The van der Waals surface area contributed by atoms with Gasteiger partial charge in [0.15, 0.2) is 0 Å². The molecule has 7 heteroatoms. The molecule has 2 N–H and O–H groups in total. The molecule has 6 nitrogen and oxygen atoms in total. The lowest BCUT2D eigenvalue weighted by molar-refractivity contribution is 0.0393. The van der Waals surface area contributed by atoms with Gasteiger partial charge in [-0.15, -0.1) is 0 Å². The Morgan fingerprint density at radius 3 is 3.05 bits per heavy atom. The Bertz CT molecular complexity index is 527. The lowest BCUT2D eigenvalue weighted by Gasteiger charge is -2.31. The zero-order valence-electron chi connectivity index (χ0n) is 12.1. The van der Waals surface area contributed by atoms with Crippen molar-refractivity contribution < 1.29 is 13.2 Å². The van der Waals surface area contributed by atoms with Crippen LogP contribution in [0.3, 0.4) is 0 Å². The highest BCUT2D eigenvalue weighted by molar-refractivity contribution is 7.89. The molecule has 0 amide bonds. The maximum atomic E-state index is 12.6. The summed E-state index contributed by atoms with van der Waals surface area (Å²) in [5.74, 6) is 0. The number of nitrogens with one attached hydrogen (secondary N) is 2. The molecule has 2 rings (SSSR count). The van der Waals surface area contributed by atoms with Gasteiger partial charge in [0.2, 0.25) is 10.0 Å². The SMILES string of the molecule is CCCNCc1cc(S(=O)(=O)N2CCOCC2C)c[nH]1.